The number of fused-ring (bicyclic) bond motifs is 1. The quantitative estimate of drug-likeness (QED) is 0.808. The van der Waals surface area contributed by atoms with Gasteiger partial charge in [0.15, 0.2) is 0 Å². The molecule has 2 atom stereocenters. The molecule has 10 heteroatoms. The van der Waals surface area contributed by atoms with Gasteiger partial charge in [-0.15, -0.1) is 0 Å². The second-order valence-electron chi connectivity index (χ2n) is 7.10. The van der Waals surface area contributed by atoms with Gasteiger partial charge in [0.1, 0.15) is 0 Å². The van der Waals surface area contributed by atoms with Crippen molar-refractivity contribution in [1.29, 1.82) is 0 Å². The standard InChI is InChI=1S/C18H22N4O.C2HF3O2/c1-2-5-15(6-3-1)14-23-17-11-16-12-22(10-9-21(16)13-17)18-19-7-4-8-20-18;3-2(4,5)1(6)7/h1-8,16-17H,9-14H2;(H,6,7)/t16-,17+;/m0./s1. The van der Waals surface area contributed by atoms with Crippen molar-refractivity contribution >= 4 is 11.9 Å². The number of nitrogens with zero attached hydrogens (tertiary/aromatic N) is 4. The molecule has 0 spiro atoms. The van der Waals surface area contributed by atoms with E-state index in [4.69, 9.17) is 14.6 Å². The number of hydrogen-bond acceptors (Lipinski definition) is 6. The second kappa shape index (κ2) is 9.86. The Kier molecular flexibility index (Phi) is 7.22. The number of benzene rings is 1. The molecule has 1 N–H and O–H groups in total. The maximum absolute atomic E-state index is 10.6. The van der Waals surface area contributed by atoms with Crippen LogP contribution in [0.2, 0.25) is 0 Å². The number of carboxylic acids is 1. The van der Waals surface area contributed by atoms with Gasteiger partial charge in [-0.3, -0.25) is 4.90 Å². The summed E-state index contributed by atoms with van der Waals surface area (Å²) in [6, 6.07) is 12.8. The molecule has 2 saturated heterocycles. The van der Waals surface area contributed by atoms with Crippen LogP contribution in [0.25, 0.3) is 0 Å². The third-order valence-corrected chi connectivity index (χ3v) is 4.98. The normalized spacial score (nSPS) is 21.5. The summed E-state index contributed by atoms with van der Waals surface area (Å²) in [5.41, 5.74) is 1.25. The van der Waals surface area contributed by atoms with Crippen molar-refractivity contribution in [1.82, 2.24) is 14.9 Å². The van der Waals surface area contributed by atoms with E-state index in [1.54, 1.807) is 0 Å². The molecule has 0 unspecified atom stereocenters. The SMILES string of the molecule is O=C(O)C(F)(F)F.c1ccc(CO[C@@H]2C[C@H]3CN(c4ncccn4)CCN3C2)cc1. The van der Waals surface area contributed by atoms with Gasteiger partial charge in [-0.25, -0.2) is 14.8 Å². The van der Waals surface area contributed by atoms with E-state index in [1.165, 1.54) is 5.56 Å². The molecule has 1 aromatic carbocycles. The molecule has 7 nitrogen and oxygen atoms in total. The molecular weight excluding hydrogens is 401 g/mol. The Morgan fingerprint density at radius 1 is 1.10 bits per heavy atom. The fourth-order valence-electron chi connectivity index (χ4n) is 3.54. The van der Waals surface area contributed by atoms with Crippen molar-refractivity contribution in [2.24, 2.45) is 0 Å². The van der Waals surface area contributed by atoms with Crippen LogP contribution in [0.4, 0.5) is 19.1 Å². The van der Waals surface area contributed by atoms with Crippen LogP contribution in [0, 0.1) is 0 Å². The zero-order chi connectivity index (χ0) is 21.6. The molecule has 2 aliphatic heterocycles. The highest BCUT2D eigenvalue weighted by Gasteiger charge is 2.38. The molecular formula is C20H23F3N4O3. The van der Waals surface area contributed by atoms with Crippen LogP contribution >= 0.6 is 0 Å². The van der Waals surface area contributed by atoms with Crippen LogP contribution in [0.1, 0.15) is 12.0 Å². The molecule has 2 aliphatic rings. The number of rotatable bonds is 4. The van der Waals surface area contributed by atoms with E-state index in [0.29, 0.717) is 18.8 Å². The van der Waals surface area contributed by atoms with Crippen LogP contribution in [-0.2, 0) is 16.1 Å². The zero-order valence-electron chi connectivity index (χ0n) is 16.2. The molecule has 0 amide bonds. The molecule has 1 aromatic heterocycles. The lowest BCUT2D eigenvalue weighted by Crippen LogP contribution is -2.50. The Hall–Kier alpha value is -2.72. The smallest absolute Gasteiger partial charge is 0.475 e. The lowest BCUT2D eigenvalue weighted by atomic mass is 10.1. The fraction of sp³-hybridized carbons (Fsp3) is 0.450. The maximum atomic E-state index is 10.6. The highest BCUT2D eigenvalue weighted by Crippen LogP contribution is 2.26. The van der Waals surface area contributed by atoms with Gasteiger partial charge in [-0.05, 0) is 18.1 Å². The maximum Gasteiger partial charge on any atom is 0.490 e. The summed E-state index contributed by atoms with van der Waals surface area (Å²) < 4.78 is 37.9. The molecule has 0 bridgehead atoms. The van der Waals surface area contributed by atoms with Gasteiger partial charge >= 0.3 is 12.1 Å². The van der Waals surface area contributed by atoms with Crippen molar-refractivity contribution in [2.45, 2.75) is 31.3 Å². The second-order valence-corrected chi connectivity index (χ2v) is 7.10. The third-order valence-electron chi connectivity index (χ3n) is 4.98. The lowest BCUT2D eigenvalue weighted by molar-refractivity contribution is -0.192. The molecule has 3 heterocycles. The van der Waals surface area contributed by atoms with Gasteiger partial charge in [0.05, 0.1) is 12.7 Å². The van der Waals surface area contributed by atoms with Gasteiger partial charge in [0.25, 0.3) is 0 Å². The minimum absolute atomic E-state index is 0.330. The van der Waals surface area contributed by atoms with E-state index in [0.717, 1.165) is 38.5 Å². The molecule has 2 aromatic rings. The van der Waals surface area contributed by atoms with E-state index in [2.05, 4.69) is 44.0 Å². The van der Waals surface area contributed by atoms with Gasteiger partial charge in [-0.2, -0.15) is 13.2 Å². The van der Waals surface area contributed by atoms with Crippen molar-refractivity contribution in [3.63, 3.8) is 0 Å². The predicted octanol–water partition coefficient (Wildman–Crippen LogP) is 2.59. The molecule has 2 fully saturated rings. The van der Waals surface area contributed by atoms with E-state index >= 15 is 0 Å². The van der Waals surface area contributed by atoms with Gasteiger partial charge in [-0.1, -0.05) is 30.3 Å². The van der Waals surface area contributed by atoms with Gasteiger partial charge < -0.3 is 14.7 Å². The summed E-state index contributed by atoms with van der Waals surface area (Å²) in [7, 11) is 0. The van der Waals surface area contributed by atoms with E-state index in [-0.39, 0.29) is 0 Å². The summed E-state index contributed by atoms with van der Waals surface area (Å²) >= 11 is 0. The van der Waals surface area contributed by atoms with Crippen LogP contribution < -0.4 is 4.90 Å². The topological polar surface area (TPSA) is 78.8 Å². The number of alkyl halides is 3. The van der Waals surface area contributed by atoms with Crippen LogP contribution in [-0.4, -0.2) is 70.4 Å². The van der Waals surface area contributed by atoms with E-state index < -0.39 is 12.1 Å². The Balaban J connectivity index is 0.000000318. The highest BCUT2D eigenvalue weighted by atomic mass is 19.4. The number of halogens is 3. The Morgan fingerprint density at radius 2 is 1.77 bits per heavy atom. The summed E-state index contributed by atoms with van der Waals surface area (Å²) in [6.45, 7) is 4.80. The molecule has 4 rings (SSSR count). The number of aliphatic carboxylic acids is 1. The predicted molar refractivity (Wildman–Crippen MR) is 103 cm³/mol. The minimum Gasteiger partial charge on any atom is -0.475 e. The van der Waals surface area contributed by atoms with Crippen molar-refractivity contribution in [3.8, 4) is 0 Å². The first-order chi connectivity index (χ1) is 14.3. The Labute approximate surface area is 172 Å². The largest absolute Gasteiger partial charge is 0.490 e. The first-order valence-corrected chi connectivity index (χ1v) is 9.54. The van der Waals surface area contributed by atoms with Crippen LogP contribution in [0.5, 0.6) is 0 Å². The average molecular weight is 424 g/mol. The molecule has 0 aliphatic carbocycles. The summed E-state index contributed by atoms with van der Waals surface area (Å²) in [4.78, 5) is 22.5. The number of ether oxygens (including phenoxy) is 1. The van der Waals surface area contributed by atoms with Crippen molar-refractivity contribution in [2.75, 3.05) is 31.1 Å². The molecule has 0 radical (unpaired) electrons. The Morgan fingerprint density at radius 3 is 2.40 bits per heavy atom. The minimum atomic E-state index is -5.08. The summed E-state index contributed by atoms with van der Waals surface area (Å²) in [6.07, 6.45) is -0.0303. The van der Waals surface area contributed by atoms with Crippen LogP contribution in [0.15, 0.2) is 48.8 Å². The molecule has 30 heavy (non-hydrogen) atoms. The van der Waals surface area contributed by atoms with Gasteiger partial charge in [0, 0.05) is 44.6 Å². The lowest BCUT2D eigenvalue weighted by Gasteiger charge is -2.37. The number of carboxylic acid groups (broad SMARTS) is 1. The number of anilines is 1. The van der Waals surface area contributed by atoms with Crippen molar-refractivity contribution in [3.05, 3.63) is 54.4 Å². The van der Waals surface area contributed by atoms with E-state index in [9.17, 15) is 13.2 Å². The van der Waals surface area contributed by atoms with Gasteiger partial charge in [0.2, 0.25) is 5.95 Å². The summed E-state index contributed by atoms with van der Waals surface area (Å²) in [5.74, 6) is -1.91. The van der Waals surface area contributed by atoms with E-state index in [1.807, 2.05) is 24.5 Å². The number of hydrogen-bond donors (Lipinski definition) is 1. The number of carbonyl (C=O) groups is 1. The zero-order valence-corrected chi connectivity index (χ0v) is 16.2. The van der Waals surface area contributed by atoms with Crippen LogP contribution in [0.3, 0.4) is 0 Å². The molecule has 162 valence electrons. The average Bonchev–Trinajstić information content (AvgIpc) is 3.15. The first kappa shape index (κ1) is 22.0. The summed E-state index contributed by atoms with van der Waals surface area (Å²) in [5, 5.41) is 7.12. The first-order valence-electron chi connectivity index (χ1n) is 9.54. The molecule has 0 saturated carbocycles. The third kappa shape index (κ3) is 6.14. The number of aromatic nitrogens is 2. The van der Waals surface area contributed by atoms with Crippen molar-refractivity contribution < 1.29 is 27.8 Å². The fourth-order valence-corrected chi connectivity index (χ4v) is 3.54. The number of piperazine rings is 1. The highest BCUT2D eigenvalue weighted by molar-refractivity contribution is 5.73. The monoisotopic (exact) mass is 424 g/mol. The Bertz CT molecular complexity index is 808.